The zero-order valence-electron chi connectivity index (χ0n) is 22.0. The SMILES string of the molecule is CCCCc1c(CN(CCCC)Cc2ccc3c(c2)OCO3)c(-c2ccccc2)nn1-c1ccccc1. The fraction of sp³-hybridized carbons (Fsp3) is 0.344. The van der Waals surface area contributed by atoms with Crippen LogP contribution in [0.1, 0.15) is 56.4 Å². The summed E-state index contributed by atoms with van der Waals surface area (Å²) in [6.45, 7) is 7.56. The maximum atomic E-state index is 5.66. The Morgan fingerprint density at radius 1 is 0.811 bits per heavy atom. The molecule has 0 unspecified atom stereocenters. The van der Waals surface area contributed by atoms with Crippen LogP contribution in [0.2, 0.25) is 0 Å². The van der Waals surface area contributed by atoms with Gasteiger partial charge < -0.3 is 9.47 Å². The van der Waals surface area contributed by atoms with E-state index in [0.717, 1.165) is 74.6 Å². The van der Waals surface area contributed by atoms with Crippen LogP contribution < -0.4 is 9.47 Å². The number of unbranched alkanes of at least 4 members (excludes halogenated alkanes) is 2. The quantitative estimate of drug-likeness (QED) is 0.205. The summed E-state index contributed by atoms with van der Waals surface area (Å²) in [5, 5.41) is 5.24. The lowest BCUT2D eigenvalue weighted by Gasteiger charge is -2.23. The minimum Gasteiger partial charge on any atom is -0.454 e. The molecule has 0 spiro atoms. The van der Waals surface area contributed by atoms with Gasteiger partial charge in [-0.15, -0.1) is 0 Å². The van der Waals surface area contributed by atoms with E-state index >= 15 is 0 Å². The van der Waals surface area contributed by atoms with Gasteiger partial charge in [0.25, 0.3) is 0 Å². The highest BCUT2D eigenvalue weighted by Gasteiger charge is 2.23. The smallest absolute Gasteiger partial charge is 0.231 e. The fourth-order valence-corrected chi connectivity index (χ4v) is 4.98. The number of ether oxygens (including phenoxy) is 2. The van der Waals surface area contributed by atoms with E-state index in [1.807, 2.05) is 6.07 Å². The molecule has 0 radical (unpaired) electrons. The molecule has 0 bridgehead atoms. The lowest BCUT2D eigenvalue weighted by molar-refractivity contribution is 0.174. The van der Waals surface area contributed by atoms with Gasteiger partial charge in [-0.05, 0) is 55.6 Å². The number of hydrogen-bond donors (Lipinski definition) is 0. The van der Waals surface area contributed by atoms with Gasteiger partial charge in [0.05, 0.1) is 11.4 Å². The summed E-state index contributed by atoms with van der Waals surface area (Å²) in [6.07, 6.45) is 5.61. The Morgan fingerprint density at radius 3 is 2.30 bits per heavy atom. The monoisotopic (exact) mass is 495 g/mol. The number of para-hydroxylation sites is 1. The molecule has 3 aromatic carbocycles. The van der Waals surface area contributed by atoms with Gasteiger partial charge in [0.15, 0.2) is 11.5 Å². The number of benzene rings is 3. The van der Waals surface area contributed by atoms with E-state index in [4.69, 9.17) is 14.6 Å². The third kappa shape index (κ3) is 5.89. The molecule has 2 heterocycles. The second kappa shape index (κ2) is 12.1. The molecule has 5 nitrogen and oxygen atoms in total. The van der Waals surface area contributed by atoms with E-state index in [0.29, 0.717) is 6.79 Å². The van der Waals surface area contributed by atoms with Crippen molar-refractivity contribution in [1.82, 2.24) is 14.7 Å². The van der Waals surface area contributed by atoms with Crippen LogP contribution >= 0.6 is 0 Å². The van der Waals surface area contributed by atoms with Gasteiger partial charge in [0, 0.05) is 29.9 Å². The molecule has 0 fully saturated rings. The second-order valence-corrected chi connectivity index (χ2v) is 9.74. The lowest BCUT2D eigenvalue weighted by atomic mass is 10.0. The Kier molecular flexibility index (Phi) is 8.21. The topological polar surface area (TPSA) is 39.5 Å². The van der Waals surface area contributed by atoms with Crippen LogP contribution in [0.25, 0.3) is 16.9 Å². The molecular weight excluding hydrogens is 458 g/mol. The van der Waals surface area contributed by atoms with Crippen LogP contribution in [0, 0.1) is 0 Å². The highest BCUT2D eigenvalue weighted by molar-refractivity contribution is 5.65. The predicted molar refractivity (Wildman–Crippen MR) is 149 cm³/mol. The van der Waals surface area contributed by atoms with Crippen LogP contribution in [0.15, 0.2) is 78.9 Å². The summed E-state index contributed by atoms with van der Waals surface area (Å²) in [5.41, 5.74) is 7.27. The number of hydrogen-bond acceptors (Lipinski definition) is 4. The van der Waals surface area contributed by atoms with Crippen molar-refractivity contribution in [2.75, 3.05) is 13.3 Å². The first-order chi connectivity index (χ1) is 18.3. The molecule has 37 heavy (non-hydrogen) atoms. The molecule has 0 saturated carbocycles. The first-order valence-electron chi connectivity index (χ1n) is 13.6. The van der Waals surface area contributed by atoms with Crippen molar-refractivity contribution in [2.24, 2.45) is 0 Å². The van der Waals surface area contributed by atoms with E-state index in [9.17, 15) is 0 Å². The van der Waals surface area contributed by atoms with E-state index < -0.39 is 0 Å². The van der Waals surface area contributed by atoms with Crippen molar-refractivity contribution < 1.29 is 9.47 Å². The molecule has 0 saturated heterocycles. The van der Waals surface area contributed by atoms with Crippen molar-refractivity contribution in [3.8, 4) is 28.4 Å². The molecule has 192 valence electrons. The molecule has 1 aromatic heterocycles. The molecule has 0 atom stereocenters. The fourth-order valence-electron chi connectivity index (χ4n) is 4.98. The first-order valence-corrected chi connectivity index (χ1v) is 13.6. The van der Waals surface area contributed by atoms with Gasteiger partial charge in [-0.1, -0.05) is 81.3 Å². The molecular formula is C32H37N3O2. The minimum atomic E-state index is 0.304. The highest BCUT2D eigenvalue weighted by atomic mass is 16.7. The summed E-state index contributed by atoms with van der Waals surface area (Å²) in [7, 11) is 0. The molecule has 5 heteroatoms. The molecule has 4 aromatic rings. The van der Waals surface area contributed by atoms with Gasteiger partial charge in [0.1, 0.15) is 0 Å². The number of nitrogens with zero attached hydrogens (tertiary/aromatic N) is 3. The van der Waals surface area contributed by atoms with Crippen molar-refractivity contribution >= 4 is 0 Å². The summed E-state index contributed by atoms with van der Waals surface area (Å²) >= 11 is 0. The Bertz CT molecular complexity index is 1280. The molecule has 0 amide bonds. The van der Waals surface area contributed by atoms with Crippen molar-refractivity contribution in [1.29, 1.82) is 0 Å². The number of rotatable bonds is 12. The van der Waals surface area contributed by atoms with E-state index in [-0.39, 0.29) is 0 Å². The molecule has 0 aliphatic carbocycles. The normalized spacial score (nSPS) is 12.4. The molecule has 1 aliphatic rings. The van der Waals surface area contributed by atoms with E-state index in [1.54, 1.807) is 0 Å². The standard InChI is InChI=1S/C32H37N3O2/c1-3-5-17-29-28(23-34(20-6-4-2)22-25-18-19-30-31(21-25)37-24-36-30)32(26-13-9-7-10-14-26)33-35(29)27-15-11-8-12-16-27/h7-16,18-19,21H,3-6,17,20,22-24H2,1-2H3. The summed E-state index contributed by atoms with van der Waals surface area (Å²) in [4.78, 5) is 2.56. The van der Waals surface area contributed by atoms with Gasteiger partial charge in [0.2, 0.25) is 6.79 Å². The largest absolute Gasteiger partial charge is 0.454 e. The number of aromatic nitrogens is 2. The molecule has 0 N–H and O–H groups in total. The molecule has 5 rings (SSSR count). The summed E-state index contributed by atoms with van der Waals surface area (Å²) in [5.74, 6) is 1.68. The average molecular weight is 496 g/mol. The van der Waals surface area contributed by atoms with Crippen LogP contribution in [0.4, 0.5) is 0 Å². The van der Waals surface area contributed by atoms with Crippen molar-refractivity contribution in [3.63, 3.8) is 0 Å². The maximum Gasteiger partial charge on any atom is 0.231 e. The Balaban J connectivity index is 1.55. The Morgan fingerprint density at radius 2 is 1.54 bits per heavy atom. The third-order valence-electron chi connectivity index (χ3n) is 6.96. The van der Waals surface area contributed by atoms with Crippen LogP contribution in [0.3, 0.4) is 0 Å². The zero-order valence-corrected chi connectivity index (χ0v) is 22.0. The predicted octanol–water partition coefficient (Wildman–Crippen LogP) is 7.41. The van der Waals surface area contributed by atoms with Crippen LogP contribution in [0.5, 0.6) is 11.5 Å². The summed E-state index contributed by atoms with van der Waals surface area (Å²) < 4.78 is 13.4. The van der Waals surface area contributed by atoms with Gasteiger partial charge in [-0.3, -0.25) is 4.90 Å². The highest BCUT2D eigenvalue weighted by Crippen LogP contribution is 2.34. The number of fused-ring (bicyclic) bond motifs is 1. The van der Waals surface area contributed by atoms with E-state index in [1.165, 1.54) is 22.4 Å². The Hall–Kier alpha value is -3.57. The lowest BCUT2D eigenvalue weighted by Crippen LogP contribution is -2.25. The zero-order chi connectivity index (χ0) is 25.5. The maximum absolute atomic E-state index is 5.66. The van der Waals surface area contributed by atoms with Gasteiger partial charge in [-0.25, -0.2) is 4.68 Å². The van der Waals surface area contributed by atoms with Crippen LogP contribution in [-0.2, 0) is 19.5 Å². The van der Waals surface area contributed by atoms with E-state index in [2.05, 4.69) is 96.2 Å². The third-order valence-corrected chi connectivity index (χ3v) is 6.96. The second-order valence-electron chi connectivity index (χ2n) is 9.74. The van der Waals surface area contributed by atoms with Crippen LogP contribution in [-0.4, -0.2) is 28.0 Å². The summed E-state index contributed by atoms with van der Waals surface area (Å²) in [6, 6.07) is 27.5. The Labute approximate surface area is 220 Å². The van der Waals surface area contributed by atoms with Gasteiger partial charge in [-0.2, -0.15) is 5.10 Å². The molecule has 1 aliphatic heterocycles. The van der Waals surface area contributed by atoms with Crippen molar-refractivity contribution in [3.05, 3.63) is 95.7 Å². The minimum absolute atomic E-state index is 0.304. The van der Waals surface area contributed by atoms with Gasteiger partial charge >= 0.3 is 0 Å². The van der Waals surface area contributed by atoms with Crippen molar-refractivity contribution in [2.45, 2.75) is 59.0 Å². The first kappa shape index (κ1) is 25.1. The average Bonchev–Trinajstić information content (AvgIpc) is 3.56.